The van der Waals surface area contributed by atoms with Crippen LogP contribution < -0.4 is 10.3 Å². The van der Waals surface area contributed by atoms with E-state index in [1.54, 1.807) is 0 Å². The number of H-pyrrole nitrogens is 1. The Hall–Kier alpha value is -3.93. The summed E-state index contributed by atoms with van der Waals surface area (Å²) in [6.45, 7) is 0.605. The molecule has 1 heterocycles. The second-order valence-electron chi connectivity index (χ2n) is 7.98. The van der Waals surface area contributed by atoms with E-state index < -0.39 is 5.97 Å². The zero-order valence-electron chi connectivity index (χ0n) is 18.3. The molecule has 0 bridgehead atoms. The van der Waals surface area contributed by atoms with Crippen LogP contribution in [0.4, 0.5) is 0 Å². The van der Waals surface area contributed by atoms with Gasteiger partial charge in [0, 0.05) is 23.6 Å². The minimum atomic E-state index is -0.739. The molecule has 0 atom stereocenters. The van der Waals surface area contributed by atoms with Crippen molar-refractivity contribution in [2.45, 2.75) is 32.1 Å². The van der Waals surface area contributed by atoms with E-state index in [0.717, 1.165) is 46.9 Å². The van der Waals surface area contributed by atoms with Crippen LogP contribution in [0.3, 0.4) is 0 Å². The number of carboxylic acids is 1. The molecule has 3 aromatic carbocycles. The molecule has 0 aliphatic carbocycles. The van der Waals surface area contributed by atoms with E-state index in [2.05, 4.69) is 9.97 Å². The van der Waals surface area contributed by atoms with Gasteiger partial charge in [0.1, 0.15) is 11.6 Å². The number of hydrogen-bond acceptors (Lipinski definition) is 4. The lowest BCUT2D eigenvalue weighted by molar-refractivity contribution is -0.137. The molecule has 0 unspecified atom stereocenters. The minimum absolute atomic E-state index is 0.189. The van der Waals surface area contributed by atoms with Gasteiger partial charge in [0.15, 0.2) is 0 Å². The molecular formula is C27H26N2O4. The number of fused-ring (bicyclic) bond motifs is 1. The number of rotatable bonds is 10. The smallest absolute Gasteiger partial charge is 0.303 e. The van der Waals surface area contributed by atoms with E-state index in [9.17, 15) is 9.59 Å². The molecule has 0 spiro atoms. The van der Waals surface area contributed by atoms with Crippen molar-refractivity contribution in [1.29, 1.82) is 0 Å². The summed E-state index contributed by atoms with van der Waals surface area (Å²) < 4.78 is 5.86. The number of aromatic amines is 1. The fraction of sp³-hybridized carbons (Fsp3) is 0.222. The van der Waals surface area contributed by atoms with Crippen molar-refractivity contribution in [2.75, 3.05) is 6.61 Å². The topological polar surface area (TPSA) is 92.3 Å². The van der Waals surface area contributed by atoms with Gasteiger partial charge in [-0.3, -0.25) is 9.59 Å². The predicted molar refractivity (Wildman–Crippen MR) is 129 cm³/mol. The first-order valence-corrected chi connectivity index (χ1v) is 11.1. The molecule has 0 saturated carbocycles. The quantitative estimate of drug-likeness (QED) is 0.309. The summed E-state index contributed by atoms with van der Waals surface area (Å²) >= 11 is 0. The Morgan fingerprint density at radius 2 is 1.61 bits per heavy atom. The van der Waals surface area contributed by atoms with Crippen LogP contribution in [0.2, 0.25) is 0 Å². The number of carbonyl (C=O) groups is 1. The number of benzene rings is 3. The van der Waals surface area contributed by atoms with Crippen molar-refractivity contribution in [1.82, 2.24) is 9.97 Å². The third-order valence-electron chi connectivity index (χ3n) is 5.45. The van der Waals surface area contributed by atoms with Crippen LogP contribution in [-0.4, -0.2) is 27.7 Å². The maximum absolute atomic E-state index is 12.2. The van der Waals surface area contributed by atoms with Crippen molar-refractivity contribution in [3.8, 4) is 28.4 Å². The molecule has 6 nitrogen and oxygen atoms in total. The molecule has 6 heteroatoms. The Morgan fingerprint density at radius 3 is 2.42 bits per heavy atom. The molecule has 4 rings (SSSR count). The van der Waals surface area contributed by atoms with Gasteiger partial charge in [0.25, 0.3) is 5.56 Å². The molecule has 0 amide bonds. The van der Waals surface area contributed by atoms with Gasteiger partial charge in [-0.15, -0.1) is 0 Å². The van der Waals surface area contributed by atoms with E-state index in [0.29, 0.717) is 24.5 Å². The van der Waals surface area contributed by atoms with Crippen molar-refractivity contribution < 1.29 is 14.6 Å². The SMILES string of the molecule is O=C(O)CCCCCCOc1ccc2cc(-c3nc(-c4ccccc4)cc(=O)[nH]3)ccc2c1. The summed E-state index contributed by atoms with van der Waals surface area (Å²) in [6, 6.07) is 23.0. The molecule has 1 aromatic heterocycles. The zero-order valence-corrected chi connectivity index (χ0v) is 18.3. The summed E-state index contributed by atoms with van der Waals surface area (Å²) in [5.41, 5.74) is 2.19. The van der Waals surface area contributed by atoms with E-state index in [1.165, 1.54) is 6.07 Å². The molecule has 0 aliphatic rings. The number of unbranched alkanes of at least 4 members (excludes halogenated alkanes) is 3. The van der Waals surface area contributed by atoms with Crippen molar-refractivity contribution >= 4 is 16.7 Å². The highest BCUT2D eigenvalue weighted by atomic mass is 16.5. The van der Waals surface area contributed by atoms with Gasteiger partial charge in [0.2, 0.25) is 0 Å². The fourth-order valence-electron chi connectivity index (χ4n) is 3.73. The van der Waals surface area contributed by atoms with Crippen LogP contribution in [0.25, 0.3) is 33.4 Å². The van der Waals surface area contributed by atoms with E-state index >= 15 is 0 Å². The average molecular weight is 443 g/mol. The highest BCUT2D eigenvalue weighted by molar-refractivity contribution is 5.87. The van der Waals surface area contributed by atoms with Gasteiger partial charge in [-0.05, 0) is 41.8 Å². The Labute approximate surface area is 191 Å². The number of carboxylic acid groups (broad SMARTS) is 1. The van der Waals surface area contributed by atoms with Crippen molar-refractivity contribution in [3.63, 3.8) is 0 Å². The van der Waals surface area contributed by atoms with E-state index in [1.807, 2.05) is 66.7 Å². The Morgan fingerprint density at radius 1 is 0.848 bits per heavy atom. The van der Waals surface area contributed by atoms with Crippen LogP contribution in [0.1, 0.15) is 32.1 Å². The van der Waals surface area contributed by atoms with E-state index in [-0.39, 0.29) is 12.0 Å². The first-order valence-electron chi connectivity index (χ1n) is 11.1. The highest BCUT2D eigenvalue weighted by Crippen LogP contribution is 2.26. The number of aliphatic carboxylic acids is 1. The number of aromatic nitrogens is 2. The normalized spacial score (nSPS) is 10.9. The van der Waals surface area contributed by atoms with Crippen molar-refractivity contribution in [2.24, 2.45) is 0 Å². The standard InChI is InChI=1S/C27H26N2O4/c30-25-18-24(19-8-4-3-5-9-19)28-27(29-25)22-12-11-21-17-23(14-13-20(21)16-22)33-15-7-2-1-6-10-26(31)32/h3-5,8-9,11-14,16-18H,1-2,6-7,10,15H2,(H,31,32)(H,28,29,30). The maximum Gasteiger partial charge on any atom is 0.303 e. The predicted octanol–water partition coefficient (Wildman–Crippen LogP) is 5.67. The van der Waals surface area contributed by atoms with Gasteiger partial charge in [-0.2, -0.15) is 0 Å². The van der Waals surface area contributed by atoms with E-state index in [4.69, 9.17) is 9.84 Å². The largest absolute Gasteiger partial charge is 0.494 e. The van der Waals surface area contributed by atoms with Crippen LogP contribution in [0.15, 0.2) is 77.6 Å². The van der Waals surface area contributed by atoms with Crippen molar-refractivity contribution in [3.05, 3.63) is 83.2 Å². The molecule has 0 radical (unpaired) electrons. The highest BCUT2D eigenvalue weighted by Gasteiger charge is 2.08. The third-order valence-corrected chi connectivity index (χ3v) is 5.45. The summed E-state index contributed by atoms with van der Waals surface area (Å²) in [7, 11) is 0. The van der Waals surface area contributed by atoms with Gasteiger partial charge >= 0.3 is 5.97 Å². The first kappa shape index (κ1) is 22.3. The monoisotopic (exact) mass is 442 g/mol. The van der Waals surface area contributed by atoms with Gasteiger partial charge < -0.3 is 14.8 Å². The van der Waals surface area contributed by atoms with Gasteiger partial charge in [-0.25, -0.2) is 4.98 Å². The molecule has 0 saturated heterocycles. The lowest BCUT2D eigenvalue weighted by Crippen LogP contribution is -2.08. The van der Waals surface area contributed by atoms with Crippen LogP contribution in [0.5, 0.6) is 5.75 Å². The summed E-state index contributed by atoms with van der Waals surface area (Å²) in [4.78, 5) is 30.3. The third kappa shape index (κ3) is 6.07. The second-order valence-corrected chi connectivity index (χ2v) is 7.98. The molecule has 0 fully saturated rings. The number of ether oxygens (including phenoxy) is 1. The average Bonchev–Trinajstić information content (AvgIpc) is 2.83. The zero-order chi connectivity index (χ0) is 23.0. The lowest BCUT2D eigenvalue weighted by atomic mass is 10.1. The maximum atomic E-state index is 12.2. The lowest BCUT2D eigenvalue weighted by Gasteiger charge is -2.09. The number of hydrogen-bond donors (Lipinski definition) is 2. The van der Waals surface area contributed by atoms with Gasteiger partial charge in [-0.1, -0.05) is 61.4 Å². The molecule has 2 N–H and O–H groups in total. The molecule has 168 valence electrons. The molecule has 33 heavy (non-hydrogen) atoms. The minimum Gasteiger partial charge on any atom is -0.494 e. The Bertz CT molecular complexity index is 1300. The summed E-state index contributed by atoms with van der Waals surface area (Å²) in [5, 5.41) is 10.7. The molecule has 4 aromatic rings. The van der Waals surface area contributed by atoms with Gasteiger partial charge in [0.05, 0.1) is 12.3 Å². The summed E-state index contributed by atoms with van der Waals surface area (Å²) in [5.74, 6) is 0.599. The Balaban J connectivity index is 1.44. The number of nitrogens with zero attached hydrogens (tertiary/aromatic N) is 1. The van der Waals surface area contributed by atoms with Crippen LogP contribution >= 0.6 is 0 Å². The Kier molecular flexibility index (Phi) is 7.15. The molecule has 0 aliphatic heterocycles. The number of nitrogens with one attached hydrogen (secondary N) is 1. The first-order chi connectivity index (χ1) is 16.1. The van der Waals surface area contributed by atoms with Crippen LogP contribution in [0, 0.1) is 0 Å². The molecular weight excluding hydrogens is 416 g/mol. The summed E-state index contributed by atoms with van der Waals surface area (Å²) in [6.07, 6.45) is 3.69. The second kappa shape index (κ2) is 10.6. The van der Waals surface area contributed by atoms with Crippen LogP contribution in [-0.2, 0) is 4.79 Å². The fourth-order valence-corrected chi connectivity index (χ4v) is 3.73.